The SMILES string of the molecule is C=C/C(O)=C(\C=C(C)C)NS(C)=O. The number of nitrogens with one attached hydrogen (secondary N) is 1. The molecule has 1 atom stereocenters. The molecule has 3 nitrogen and oxygen atoms in total. The van der Waals surface area contributed by atoms with Crippen LogP contribution in [0.4, 0.5) is 0 Å². The van der Waals surface area contributed by atoms with Crippen LogP contribution in [0.15, 0.2) is 35.8 Å². The smallest absolute Gasteiger partial charge is 0.138 e. The summed E-state index contributed by atoms with van der Waals surface area (Å²) in [5, 5.41) is 9.34. The van der Waals surface area contributed by atoms with Gasteiger partial charge >= 0.3 is 0 Å². The van der Waals surface area contributed by atoms with Crippen LogP contribution < -0.4 is 4.72 Å². The number of rotatable bonds is 4. The van der Waals surface area contributed by atoms with Crippen LogP contribution >= 0.6 is 0 Å². The predicted molar refractivity (Wildman–Crippen MR) is 56.5 cm³/mol. The van der Waals surface area contributed by atoms with E-state index in [1.54, 1.807) is 6.08 Å². The summed E-state index contributed by atoms with van der Waals surface area (Å²) >= 11 is 0. The van der Waals surface area contributed by atoms with E-state index in [2.05, 4.69) is 11.3 Å². The Kier molecular flexibility index (Phi) is 5.14. The zero-order valence-corrected chi connectivity index (χ0v) is 8.94. The van der Waals surface area contributed by atoms with Crippen molar-refractivity contribution in [2.45, 2.75) is 13.8 Å². The molecule has 74 valence electrons. The normalized spacial score (nSPS) is 14.1. The molecule has 0 radical (unpaired) electrons. The lowest BCUT2D eigenvalue weighted by molar-refractivity contribution is 0.425. The second kappa shape index (κ2) is 5.59. The number of allylic oxidation sites excluding steroid dienone is 3. The third-order valence-electron chi connectivity index (χ3n) is 1.16. The second-order valence-electron chi connectivity index (χ2n) is 2.78. The Labute approximate surface area is 81.4 Å². The summed E-state index contributed by atoms with van der Waals surface area (Å²) in [7, 11) is -1.19. The summed E-state index contributed by atoms with van der Waals surface area (Å²) < 4.78 is 13.5. The first kappa shape index (κ1) is 12.0. The first-order valence-electron chi connectivity index (χ1n) is 3.78. The van der Waals surface area contributed by atoms with Gasteiger partial charge in [0.2, 0.25) is 0 Å². The van der Waals surface area contributed by atoms with E-state index in [0.29, 0.717) is 5.70 Å². The molecule has 4 heteroatoms. The Morgan fingerprint density at radius 1 is 1.54 bits per heavy atom. The first-order chi connectivity index (χ1) is 5.97. The molecule has 0 aliphatic heterocycles. The maximum absolute atomic E-state index is 10.8. The molecular formula is C9H15NO2S. The van der Waals surface area contributed by atoms with Crippen molar-refractivity contribution in [1.29, 1.82) is 0 Å². The lowest BCUT2D eigenvalue weighted by atomic mass is 10.2. The molecule has 1 unspecified atom stereocenters. The van der Waals surface area contributed by atoms with Gasteiger partial charge in [0, 0.05) is 6.26 Å². The van der Waals surface area contributed by atoms with Crippen LogP contribution in [-0.2, 0) is 11.0 Å². The van der Waals surface area contributed by atoms with Crippen LogP contribution in [0.5, 0.6) is 0 Å². The molecule has 0 fully saturated rings. The van der Waals surface area contributed by atoms with Crippen LogP contribution in [-0.4, -0.2) is 15.6 Å². The highest BCUT2D eigenvalue weighted by Crippen LogP contribution is 2.04. The van der Waals surface area contributed by atoms with Crippen molar-refractivity contribution in [2.24, 2.45) is 0 Å². The van der Waals surface area contributed by atoms with Gasteiger partial charge in [0.25, 0.3) is 0 Å². The van der Waals surface area contributed by atoms with Crippen molar-refractivity contribution < 1.29 is 9.32 Å². The van der Waals surface area contributed by atoms with Crippen molar-refractivity contribution in [3.8, 4) is 0 Å². The Morgan fingerprint density at radius 2 is 2.08 bits per heavy atom. The third kappa shape index (κ3) is 5.25. The van der Waals surface area contributed by atoms with E-state index in [9.17, 15) is 9.32 Å². The summed E-state index contributed by atoms with van der Waals surface area (Å²) in [6, 6.07) is 0. The highest BCUT2D eigenvalue weighted by Gasteiger charge is 2.00. The molecule has 0 aromatic carbocycles. The molecule has 13 heavy (non-hydrogen) atoms. The monoisotopic (exact) mass is 201 g/mol. The minimum atomic E-state index is -1.19. The Bertz CT molecular complexity index is 275. The van der Waals surface area contributed by atoms with Gasteiger partial charge in [0.15, 0.2) is 0 Å². The fourth-order valence-electron chi connectivity index (χ4n) is 0.709. The number of aliphatic hydroxyl groups excluding tert-OH is 1. The van der Waals surface area contributed by atoms with Crippen LogP contribution in [0.3, 0.4) is 0 Å². The lowest BCUT2D eigenvalue weighted by Gasteiger charge is -2.05. The molecule has 0 aromatic rings. The van der Waals surface area contributed by atoms with Crippen LogP contribution in [0.2, 0.25) is 0 Å². The summed E-state index contributed by atoms with van der Waals surface area (Å²) in [6.45, 7) is 7.19. The molecule has 0 saturated heterocycles. The molecular weight excluding hydrogens is 186 g/mol. The molecule has 0 bridgehead atoms. The molecule has 0 spiro atoms. The fourth-order valence-corrected chi connectivity index (χ4v) is 1.18. The second-order valence-corrected chi connectivity index (χ2v) is 3.89. The molecule has 0 aromatic heterocycles. The van der Waals surface area contributed by atoms with Crippen LogP contribution in [0.1, 0.15) is 13.8 Å². The quantitative estimate of drug-likeness (QED) is 0.538. The third-order valence-corrected chi connectivity index (χ3v) is 1.66. The van der Waals surface area contributed by atoms with Crippen molar-refractivity contribution in [3.05, 3.63) is 35.8 Å². The van der Waals surface area contributed by atoms with Crippen LogP contribution in [0.25, 0.3) is 0 Å². The van der Waals surface area contributed by atoms with Gasteiger partial charge in [-0.2, -0.15) is 0 Å². The minimum absolute atomic E-state index is 0.00333. The van der Waals surface area contributed by atoms with E-state index in [4.69, 9.17) is 0 Å². The van der Waals surface area contributed by atoms with Gasteiger partial charge in [0.1, 0.15) is 16.7 Å². The maximum atomic E-state index is 10.8. The Balaban J connectivity index is 4.87. The molecule has 0 aliphatic carbocycles. The van der Waals surface area contributed by atoms with Gasteiger partial charge < -0.3 is 9.83 Å². The molecule has 0 rings (SSSR count). The van der Waals surface area contributed by atoms with Crippen molar-refractivity contribution in [2.75, 3.05) is 6.26 Å². The number of aliphatic hydroxyl groups is 1. The average Bonchev–Trinajstić information content (AvgIpc) is 2.00. The highest BCUT2D eigenvalue weighted by atomic mass is 32.2. The summed E-state index contributed by atoms with van der Waals surface area (Å²) in [4.78, 5) is 0. The molecule has 2 N–H and O–H groups in total. The maximum Gasteiger partial charge on any atom is 0.138 e. The van der Waals surface area contributed by atoms with E-state index >= 15 is 0 Å². The van der Waals surface area contributed by atoms with Crippen molar-refractivity contribution >= 4 is 11.0 Å². The largest absolute Gasteiger partial charge is 0.506 e. The van der Waals surface area contributed by atoms with Gasteiger partial charge in [-0.3, -0.25) is 0 Å². The van der Waals surface area contributed by atoms with Crippen molar-refractivity contribution in [3.63, 3.8) is 0 Å². The molecule has 0 heterocycles. The summed E-state index contributed by atoms with van der Waals surface area (Å²) in [6.07, 6.45) is 4.50. The number of hydrogen-bond donors (Lipinski definition) is 2. The van der Waals surface area contributed by atoms with E-state index in [1.807, 2.05) is 13.8 Å². The molecule has 0 aliphatic rings. The molecule has 0 saturated carbocycles. The lowest BCUT2D eigenvalue weighted by Crippen LogP contribution is -2.15. The average molecular weight is 201 g/mol. The Morgan fingerprint density at radius 3 is 2.38 bits per heavy atom. The zero-order valence-electron chi connectivity index (χ0n) is 8.13. The van der Waals surface area contributed by atoms with E-state index in [1.165, 1.54) is 12.3 Å². The van der Waals surface area contributed by atoms with Gasteiger partial charge in [0.05, 0.1) is 5.70 Å². The first-order valence-corrected chi connectivity index (χ1v) is 5.33. The molecule has 0 amide bonds. The van der Waals surface area contributed by atoms with Gasteiger partial charge in [-0.25, -0.2) is 4.21 Å². The topological polar surface area (TPSA) is 49.3 Å². The Hall–Kier alpha value is -1.03. The number of hydrogen-bond acceptors (Lipinski definition) is 2. The van der Waals surface area contributed by atoms with Crippen molar-refractivity contribution in [1.82, 2.24) is 4.72 Å². The minimum Gasteiger partial charge on any atom is -0.506 e. The van der Waals surface area contributed by atoms with Gasteiger partial charge in [-0.05, 0) is 26.0 Å². The standard InChI is InChI=1S/C9H15NO2S/c1-5-9(11)8(6-7(2)3)10-13(4)12/h5-6,10-11H,1H2,2-4H3/b9-8-. The van der Waals surface area contributed by atoms with Gasteiger partial charge in [-0.1, -0.05) is 12.2 Å². The van der Waals surface area contributed by atoms with E-state index in [-0.39, 0.29) is 5.76 Å². The van der Waals surface area contributed by atoms with E-state index in [0.717, 1.165) is 5.57 Å². The van der Waals surface area contributed by atoms with Crippen LogP contribution in [0, 0.1) is 0 Å². The van der Waals surface area contributed by atoms with E-state index < -0.39 is 11.0 Å². The van der Waals surface area contributed by atoms with Gasteiger partial charge in [-0.15, -0.1) is 0 Å². The highest BCUT2D eigenvalue weighted by molar-refractivity contribution is 7.82. The zero-order chi connectivity index (χ0) is 10.4. The summed E-state index contributed by atoms with van der Waals surface area (Å²) in [5.41, 5.74) is 1.43. The predicted octanol–water partition coefficient (Wildman–Crippen LogP) is 1.79. The fraction of sp³-hybridized carbons (Fsp3) is 0.333. The summed E-state index contributed by atoms with van der Waals surface area (Å²) in [5.74, 6) is -0.00333.